The molecular formula is C14H13IN2O. The lowest BCUT2D eigenvalue weighted by molar-refractivity contribution is -0.117. The number of hydrogen-bond acceptors (Lipinski definition) is 2. The average Bonchev–Trinajstić information content (AvgIpc) is 2.41. The highest BCUT2D eigenvalue weighted by molar-refractivity contribution is 14.1. The molecule has 18 heavy (non-hydrogen) atoms. The van der Waals surface area contributed by atoms with Crippen molar-refractivity contribution in [3.63, 3.8) is 0 Å². The van der Waals surface area contributed by atoms with Gasteiger partial charge in [0.25, 0.3) is 0 Å². The lowest BCUT2D eigenvalue weighted by Gasteiger charge is -2.13. The number of hydrogen-bond donors (Lipinski definition) is 2. The number of nitrogens with two attached hydrogens (primary N) is 1. The average molecular weight is 352 g/mol. The zero-order valence-electron chi connectivity index (χ0n) is 9.64. The second-order valence-corrected chi connectivity index (χ2v) is 5.02. The van der Waals surface area contributed by atoms with Crippen LogP contribution >= 0.6 is 22.6 Å². The van der Waals surface area contributed by atoms with Crippen LogP contribution < -0.4 is 11.1 Å². The van der Waals surface area contributed by atoms with Gasteiger partial charge in [-0.2, -0.15) is 0 Å². The number of amides is 1. The molecule has 0 spiro atoms. The molecule has 1 amide bonds. The Hall–Kier alpha value is -1.40. The Balaban J connectivity index is 2.12. The van der Waals surface area contributed by atoms with Crippen molar-refractivity contribution in [1.29, 1.82) is 0 Å². The van der Waals surface area contributed by atoms with E-state index in [9.17, 15) is 4.79 Å². The van der Waals surface area contributed by atoms with Crippen LogP contribution in [0.3, 0.4) is 0 Å². The van der Waals surface area contributed by atoms with E-state index >= 15 is 0 Å². The van der Waals surface area contributed by atoms with Gasteiger partial charge in [0.1, 0.15) is 6.04 Å². The fourth-order valence-corrected chi connectivity index (χ4v) is 2.11. The molecule has 92 valence electrons. The normalized spacial score (nSPS) is 11.9. The molecule has 0 fully saturated rings. The summed E-state index contributed by atoms with van der Waals surface area (Å²) < 4.78 is 0.990. The lowest BCUT2D eigenvalue weighted by Crippen LogP contribution is -2.27. The van der Waals surface area contributed by atoms with Crippen molar-refractivity contribution >= 4 is 34.2 Å². The Morgan fingerprint density at radius 1 is 1.06 bits per heavy atom. The zero-order valence-corrected chi connectivity index (χ0v) is 11.8. The van der Waals surface area contributed by atoms with Crippen molar-refractivity contribution in [3.05, 3.63) is 63.7 Å². The lowest BCUT2D eigenvalue weighted by atomic mass is 10.1. The molecule has 3 nitrogen and oxygen atoms in total. The molecule has 0 aromatic heterocycles. The maximum absolute atomic E-state index is 12.0. The summed E-state index contributed by atoms with van der Waals surface area (Å²) >= 11 is 2.18. The second kappa shape index (κ2) is 5.97. The van der Waals surface area contributed by atoms with Crippen LogP contribution in [0.15, 0.2) is 54.6 Å². The number of rotatable bonds is 3. The summed E-state index contributed by atoms with van der Waals surface area (Å²) in [6.07, 6.45) is 0. The van der Waals surface area contributed by atoms with Crippen molar-refractivity contribution < 1.29 is 4.79 Å². The smallest absolute Gasteiger partial charge is 0.245 e. The number of carbonyl (C=O) groups excluding carboxylic acids is 1. The molecule has 0 aliphatic heterocycles. The molecule has 2 rings (SSSR count). The molecule has 0 aliphatic carbocycles. The first-order valence-electron chi connectivity index (χ1n) is 5.54. The fourth-order valence-electron chi connectivity index (χ4n) is 1.58. The number of halogens is 1. The summed E-state index contributed by atoms with van der Waals surface area (Å²) in [6.45, 7) is 0. The molecule has 0 heterocycles. The van der Waals surface area contributed by atoms with E-state index in [1.165, 1.54) is 0 Å². The second-order valence-electron chi connectivity index (χ2n) is 3.86. The summed E-state index contributed by atoms with van der Waals surface area (Å²) in [5.41, 5.74) is 7.51. The predicted molar refractivity (Wildman–Crippen MR) is 81.2 cm³/mol. The molecule has 0 aliphatic rings. The number of nitrogens with one attached hydrogen (secondary N) is 1. The standard InChI is InChI=1S/C14H13IN2O/c15-11-8-4-5-9-12(11)17-14(18)13(16)10-6-2-1-3-7-10/h1-9,13H,16H2,(H,17,18)/t13-/m0/s1. The Labute approximate surface area is 120 Å². The molecular weight excluding hydrogens is 339 g/mol. The molecule has 0 unspecified atom stereocenters. The minimum atomic E-state index is -0.651. The topological polar surface area (TPSA) is 55.1 Å². The Morgan fingerprint density at radius 3 is 2.33 bits per heavy atom. The highest BCUT2D eigenvalue weighted by Gasteiger charge is 2.16. The third-order valence-corrected chi connectivity index (χ3v) is 3.51. The maximum Gasteiger partial charge on any atom is 0.245 e. The van der Waals surface area contributed by atoms with Crippen LogP contribution in [-0.4, -0.2) is 5.91 Å². The minimum Gasteiger partial charge on any atom is -0.323 e. The summed E-state index contributed by atoms with van der Waals surface area (Å²) in [5.74, 6) is -0.203. The van der Waals surface area contributed by atoms with Crippen LogP contribution in [0.2, 0.25) is 0 Å². The molecule has 2 aromatic rings. The van der Waals surface area contributed by atoms with E-state index < -0.39 is 6.04 Å². The molecule has 4 heteroatoms. The van der Waals surface area contributed by atoms with Crippen molar-refractivity contribution in [1.82, 2.24) is 0 Å². The van der Waals surface area contributed by atoms with Gasteiger partial charge in [-0.25, -0.2) is 0 Å². The van der Waals surface area contributed by atoms with Crippen LogP contribution in [0.4, 0.5) is 5.69 Å². The van der Waals surface area contributed by atoms with Gasteiger partial charge in [-0.3, -0.25) is 4.79 Å². The van der Waals surface area contributed by atoms with Gasteiger partial charge >= 0.3 is 0 Å². The maximum atomic E-state index is 12.0. The van der Waals surface area contributed by atoms with Gasteiger partial charge in [-0.1, -0.05) is 42.5 Å². The van der Waals surface area contributed by atoms with Gasteiger partial charge in [0, 0.05) is 3.57 Å². The van der Waals surface area contributed by atoms with Crippen LogP contribution in [0.25, 0.3) is 0 Å². The predicted octanol–water partition coefficient (Wildman–Crippen LogP) is 2.93. The summed E-state index contributed by atoms with van der Waals surface area (Å²) in [6, 6.07) is 16.3. The number of anilines is 1. The van der Waals surface area contributed by atoms with Crippen molar-refractivity contribution in [2.24, 2.45) is 5.73 Å². The summed E-state index contributed by atoms with van der Waals surface area (Å²) in [4.78, 5) is 12.0. The zero-order chi connectivity index (χ0) is 13.0. The third-order valence-electron chi connectivity index (χ3n) is 2.57. The Morgan fingerprint density at radius 2 is 1.67 bits per heavy atom. The van der Waals surface area contributed by atoms with Crippen molar-refractivity contribution in [2.75, 3.05) is 5.32 Å². The van der Waals surface area contributed by atoms with E-state index in [0.717, 1.165) is 14.8 Å². The Bertz CT molecular complexity index is 543. The van der Waals surface area contributed by atoms with Gasteiger partial charge in [0.15, 0.2) is 0 Å². The molecule has 0 radical (unpaired) electrons. The van der Waals surface area contributed by atoms with Gasteiger partial charge in [0.05, 0.1) is 5.69 Å². The van der Waals surface area contributed by atoms with Crippen molar-refractivity contribution in [3.8, 4) is 0 Å². The minimum absolute atomic E-state index is 0.203. The first-order chi connectivity index (χ1) is 8.68. The van der Waals surface area contributed by atoms with Crippen LogP contribution in [0, 0.1) is 3.57 Å². The first kappa shape index (κ1) is 13.0. The molecule has 0 saturated heterocycles. The van der Waals surface area contributed by atoms with Gasteiger partial charge < -0.3 is 11.1 Å². The highest BCUT2D eigenvalue weighted by atomic mass is 127. The van der Waals surface area contributed by atoms with Gasteiger partial charge in [-0.05, 0) is 40.3 Å². The van der Waals surface area contributed by atoms with E-state index in [0.29, 0.717) is 0 Å². The van der Waals surface area contributed by atoms with Crippen LogP contribution in [0.5, 0.6) is 0 Å². The summed E-state index contributed by atoms with van der Waals surface area (Å²) in [7, 11) is 0. The molecule has 0 bridgehead atoms. The molecule has 0 saturated carbocycles. The van der Waals surface area contributed by atoms with Gasteiger partial charge in [-0.15, -0.1) is 0 Å². The third kappa shape index (κ3) is 3.08. The van der Waals surface area contributed by atoms with Crippen LogP contribution in [0.1, 0.15) is 11.6 Å². The number of benzene rings is 2. The number of carbonyl (C=O) groups is 1. The SMILES string of the molecule is N[C@H](C(=O)Nc1ccccc1I)c1ccccc1. The van der Waals surface area contributed by atoms with E-state index in [-0.39, 0.29) is 5.91 Å². The Kier molecular flexibility index (Phi) is 4.33. The van der Waals surface area contributed by atoms with Crippen LogP contribution in [-0.2, 0) is 4.79 Å². The quantitative estimate of drug-likeness (QED) is 0.835. The summed E-state index contributed by atoms with van der Waals surface area (Å²) in [5, 5.41) is 2.84. The largest absolute Gasteiger partial charge is 0.323 e. The molecule has 2 aromatic carbocycles. The number of para-hydroxylation sites is 1. The van der Waals surface area contributed by atoms with Gasteiger partial charge in [0.2, 0.25) is 5.91 Å². The van der Waals surface area contributed by atoms with E-state index in [4.69, 9.17) is 5.73 Å². The van der Waals surface area contributed by atoms with E-state index in [1.54, 1.807) is 0 Å². The highest BCUT2D eigenvalue weighted by Crippen LogP contribution is 2.19. The fraction of sp³-hybridized carbons (Fsp3) is 0.0714. The van der Waals surface area contributed by atoms with E-state index in [2.05, 4.69) is 27.9 Å². The van der Waals surface area contributed by atoms with Crippen molar-refractivity contribution in [2.45, 2.75) is 6.04 Å². The molecule has 1 atom stereocenters. The monoisotopic (exact) mass is 352 g/mol. The van der Waals surface area contributed by atoms with E-state index in [1.807, 2.05) is 54.6 Å². The molecule has 3 N–H and O–H groups in total. The first-order valence-corrected chi connectivity index (χ1v) is 6.62.